The van der Waals surface area contributed by atoms with Crippen molar-refractivity contribution in [3.8, 4) is 5.75 Å². The first-order valence-electron chi connectivity index (χ1n) is 11.4. The van der Waals surface area contributed by atoms with Crippen molar-refractivity contribution in [3.05, 3.63) is 82.2 Å². The van der Waals surface area contributed by atoms with Crippen molar-refractivity contribution in [1.29, 1.82) is 0 Å². The summed E-state index contributed by atoms with van der Waals surface area (Å²) in [5.41, 5.74) is 2.56. The van der Waals surface area contributed by atoms with Crippen molar-refractivity contribution in [2.75, 3.05) is 13.7 Å². The van der Waals surface area contributed by atoms with E-state index in [1.807, 2.05) is 36.4 Å². The van der Waals surface area contributed by atoms with Crippen molar-refractivity contribution in [2.24, 2.45) is 0 Å². The Kier molecular flexibility index (Phi) is 7.73. The number of ether oxygens (including phenoxy) is 1. The summed E-state index contributed by atoms with van der Waals surface area (Å²) in [5.74, 6) is 0.552. The maximum atomic E-state index is 13.4. The molecule has 0 aliphatic carbocycles. The van der Waals surface area contributed by atoms with E-state index in [1.54, 1.807) is 32.2 Å². The van der Waals surface area contributed by atoms with Crippen LogP contribution in [0, 0.1) is 6.92 Å². The molecule has 2 aromatic carbocycles. The Labute approximate surface area is 208 Å². The zero-order valence-electron chi connectivity index (χ0n) is 19.6. The Hall–Kier alpha value is -3.36. The number of aryl methyl sites for hydroxylation is 1. The van der Waals surface area contributed by atoms with Gasteiger partial charge in [0.2, 0.25) is 11.8 Å². The van der Waals surface area contributed by atoms with E-state index in [2.05, 4.69) is 10.5 Å². The lowest BCUT2D eigenvalue weighted by Gasteiger charge is -2.27. The molecule has 35 heavy (non-hydrogen) atoms. The molecule has 1 aliphatic rings. The summed E-state index contributed by atoms with van der Waals surface area (Å²) in [5, 5.41) is 17.8. The van der Waals surface area contributed by atoms with Crippen LogP contribution in [0.25, 0.3) is 0 Å². The number of methoxy groups -OCH3 is 1. The van der Waals surface area contributed by atoms with Crippen molar-refractivity contribution in [1.82, 2.24) is 15.4 Å². The molecule has 2 amide bonds. The molecular formula is C26H28ClN3O5. The van der Waals surface area contributed by atoms with Crippen LogP contribution in [0.5, 0.6) is 5.75 Å². The van der Waals surface area contributed by atoms with Gasteiger partial charge in [-0.15, -0.1) is 0 Å². The molecule has 3 aromatic rings. The molecule has 0 radical (unpaired) electrons. The van der Waals surface area contributed by atoms with Crippen LogP contribution in [0.4, 0.5) is 0 Å². The van der Waals surface area contributed by atoms with E-state index in [9.17, 15) is 14.7 Å². The van der Waals surface area contributed by atoms with Gasteiger partial charge in [-0.2, -0.15) is 0 Å². The molecule has 0 unspecified atom stereocenters. The van der Waals surface area contributed by atoms with Crippen molar-refractivity contribution >= 4 is 23.4 Å². The lowest BCUT2D eigenvalue weighted by atomic mass is 9.98. The molecule has 8 nitrogen and oxygen atoms in total. The van der Waals surface area contributed by atoms with Gasteiger partial charge in [-0.05, 0) is 48.7 Å². The van der Waals surface area contributed by atoms with Gasteiger partial charge in [0.1, 0.15) is 17.6 Å². The Morgan fingerprint density at radius 1 is 1.23 bits per heavy atom. The smallest absolute Gasteiger partial charge is 0.243 e. The molecule has 1 fully saturated rings. The molecule has 0 spiro atoms. The average Bonchev–Trinajstić information content (AvgIpc) is 3.44. The van der Waals surface area contributed by atoms with Gasteiger partial charge in [0.05, 0.1) is 31.4 Å². The molecule has 0 bridgehead atoms. The number of carbonyl (C=O) groups is 2. The number of benzene rings is 2. The summed E-state index contributed by atoms with van der Waals surface area (Å²) in [7, 11) is 1.61. The van der Waals surface area contributed by atoms with Gasteiger partial charge in [0.15, 0.2) is 0 Å². The highest BCUT2D eigenvalue weighted by atomic mass is 35.5. The van der Waals surface area contributed by atoms with Crippen molar-refractivity contribution < 1.29 is 24.0 Å². The number of rotatable bonds is 8. The number of aliphatic hydroxyl groups excluding tert-OH is 1. The molecule has 4 rings (SSSR count). The molecule has 184 valence electrons. The maximum Gasteiger partial charge on any atom is 0.243 e. The first-order chi connectivity index (χ1) is 16.8. The van der Waals surface area contributed by atoms with E-state index in [0.29, 0.717) is 22.9 Å². The van der Waals surface area contributed by atoms with Crippen LogP contribution in [0.3, 0.4) is 0 Å². The maximum absolute atomic E-state index is 13.4. The Morgan fingerprint density at radius 2 is 1.94 bits per heavy atom. The molecule has 9 heteroatoms. The first-order valence-corrected chi connectivity index (χ1v) is 11.8. The number of aliphatic hydroxyl groups is 1. The number of nitrogens with zero attached hydrogens (tertiary/aromatic N) is 2. The SMILES string of the molecule is COc1ccc(C[C@H](NC(=O)[C@@H]2C[C@@H](O)CN2C(=O)Cc2cc(C)no2)c2ccc(Cl)cc2)cc1. The van der Waals surface area contributed by atoms with Gasteiger partial charge >= 0.3 is 0 Å². The van der Waals surface area contributed by atoms with E-state index in [1.165, 1.54) is 4.90 Å². The Morgan fingerprint density at radius 3 is 2.57 bits per heavy atom. The molecule has 1 aromatic heterocycles. The van der Waals surface area contributed by atoms with Crippen LogP contribution < -0.4 is 10.1 Å². The minimum Gasteiger partial charge on any atom is -0.497 e. The topological polar surface area (TPSA) is 105 Å². The summed E-state index contributed by atoms with van der Waals surface area (Å²) in [4.78, 5) is 27.8. The normalized spacial score (nSPS) is 18.3. The van der Waals surface area contributed by atoms with Gasteiger partial charge in [0.25, 0.3) is 0 Å². The molecule has 0 saturated carbocycles. The monoisotopic (exact) mass is 497 g/mol. The fourth-order valence-electron chi connectivity index (χ4n) is 4.30. The van der Waals surface area contributed by atoms with Crippen LogP contribution in [0.15, 0.2) is 59.1 Å². The fourth-order valence-corrected chi connectivity index (χ4v) is 4.43. The number of likely N-dealkylation sites (tertiary alicyclic amines) is 1. The van der Waals surface area contributed by atoms with Crippen LogP contribution in [0.2, 0.25) is 5.02 Å². The second-order valence-electron chi connectivity index (χ2n) is 8.73. The van der Waals surface area contributed by atoms with Crippen LogP contribution in [-0.4, -0.2) is 52.8 Å². The largest absolute Gasteiger partial charge is 0.497 e. The minimum absolute atomic E-state index is 0.0240. The molecule has 2 heterocycles. The highest BCUT2D eigenvalue weighted by Gasteiger charge is 2.39. The summed E-state index contributed by atoms with van der Waals surface area (Å²) in [6.07, 6.45) is -0.105. The van der Waals surface area contributed by atoms with Crippen molar-refractivity contribution in [2.45, 2.75) is 44.4 Å². The Bertz CT molecular complexity index is 1160. The van der Waals surface area contributed by atoms with Gasteiger partial charge in [0, 0.05) is 24.1 Å². The van der Waals surface area contributed by atoms with E-state index in [4.69, 9.17) is 20.9 Å². The van der Waals surface area contributed by atoms with E-state index < -0.39 is 12.1 Å². The number of amides is 2. The first kappa shape index (κ1) is 24.8. The third kappa shape index (κ3) is 6.21. The molecule has 3 atom stereocenters. The van der Waals surface area contributed by atoms with Gasteiger partial charge in [-0.1, -0.05) is 41.0 Å². The van der Waals surface area contributed by atoms with Gasteiger partial charge in [-0.3, -0.25) is 9.59 Å². The van der Waals surface area contributed by atoms with Crippen LogP contribution >= 0.6 is 11.6 Å². The summed E-state index contributed by atoms with van der Waals surface area (Å²) in [6.45, 7) is 1.86. The Balaban J connectivity index is 1.51. The fraction of sp³-hybridized carbons (Fsp3) is 0.346. The van der Waals surface area contributed by atoms with Gasteiger partial charge < -0.3 is 24.6 Å². The summed E-state index contributed by atoms with van der Waals surface area (Å²) >= 11 is 6.07. The van der Waals surface area contributed by atoms with Crippen LogP contribution in [-0.2, 0) is 22.4 Å². The second kappa shape index (κ2) is 10.9. The quantitative estimate of drug-likeness (QED) is 0.495. The third-order valence-electron chi connectivity index (χ3n) is 6.09. The number of hydrogen-bond acceptors (Lipinski definition) is 6. The van der Waals surface area contributed by atoms with Crippen LogP contribution in [0.1, 0.15) is 35.0 Å². The standard InChI is InChI=1S/C26H28ClN3O5/c1-16-11-22(35-29-16)14-25(32)30-15-20(31)13-24(30)26(33)28-23(18-5-7-19(27)8-6-18)12-17-3-9-21(34-2)10-4-17/h3-11,20,23-24,31H,12-15H2,1-2H3,(H,28,33)/t20-,23+,24+/m1/s1. The number of aromatic nitrogens is 1. The van der Waals surface area contributed by atoms with Gasteiger partial charge in [-0.25, -0.2) is 0 Å². The number of hydrogen-bond donors (Lipinski definition) is 2. The lowest BCUT2D eigenvalue weighted by molar-refractivity contribution is -0.138. The lowest BCUT2D eigenvalue weighted by Crippen LogP contribution is -2.47. The molecule has 2 N–H and O–H groups in total. The summed E-state index contributed by atoms with van der Waals surface area (Å²) in [6, 6.07) is 15.5. The number of nitrogens with one attached hydrogen (secondary N) is 1. The average molecular weight is 498 g/mol. The predicted molar refractivity (Wildman–Crippen MR) is 130 cm³/mol. The highest BCUT2D eigenvalue weighted by Crippen LogP contribution is 2.25. The zero-order valence-corrected chi connectivity index (χ0v) is 20.4. The van der Waals surface area contributed by atoms with Crippen molar-refractivity contribution in [3.63, 3.8) is 0 Å². The van der Waals surface area contributed by atoms with E-state index in [-0.39, 0.29) is 37.2 Å². The summed E-state index contributed by atoms with van der Waals surface area (Å²) < 4.78 is 10.4. The zero-order chi connectivity index (χ0) is 24.9. The molecular weight excluding hydrogens is 470 g/mol. The predicted octanol–water partition coefficient (Wildman–Crippen LogP) is 3.25. The highest BCUT2D eigenvalue weighted by molar-refractivity contribution is 6.30. The molecule has 1 saturated heterocycles. The third-order valence-corrected chi connectivity index (χ3v) is 6.34. The molecule has 1 aliphatic heterocycles. The van der Waals surface area contributed by atoms with E-state index in [0.717, 1.165) is 16.9 Å². The second-order valence-corrected chi connectivity index (χ2v) is 9.16. The number of carbonyl (C=O) groups excluding carboxylic acids is 2. The minimum atomic E-state index is -0.785. The number of halogens is 1. The van der Waals surface area contributed by atoms with E-state index >= 15 is 0 Å². The number of β-amino-alcohol motifs (C(OH)–C–C–N with tert-alkyl or cyclic N) is 1.